The van der Waals surface area contributed by atoms with Gasteiger partial charge in [-0.3, -0.25) is 9.59 Å². The topological polar surface area (TPSA) is 42.3 Å². The van der Waals surface area contributed by atoms with Crippen molar-refractivity contribution in [1.29, 1.82) is 0 Å². The molecule has 0 unspecified atom stereocenters. The molecule has 0 atom stereocenters. The van der Waals surface area contributed by atoms with Crippen molar-refractivity contribution in [3.63, 3.8) is 0 Å². The van der Waals surface area contributed by atoms with E-state index in [1.54, 1.807) is 4.90 Å². The summed E-state index contributed by atoms with van der Waals surface area (Å²) in [5.41, 5.74) is 2.64. The summed E-state index contributed by atoms with van der Waals surface area (Å²) < 4.78 is 1.95. The zero-order valence-corrected chi connectivity index (χ0v) is 17.3. The van der Waals surface area contributed by atoms with Crippen LogP contribution in [0.15, 0.2) is 95.8 Å². The van der Waals surface area contributed by atoms with E-state index >= 15 is 0 Å². The van der Waals surface area contributed by atoms with Crippen LogP contribution in [-0.2, 0) is 17.9 Å². The summed E-state index contributed by atoms with van der Waals surface area (Å²) in [6, 6.07) is 29.5. The fourth-order valence-corrected chi connectivity index (χ4v) is 4.20. The van der Waals surface area contributed by atoms with E-state index in [1.807, 2.05) is 72.3 Å². The quantitative estimate of drug-likeness (QED) is 0.396. The van der Waals surface area contributed by atoms with Crippen molar-refractivity contribution in [3.05, 3.63) is 107 Å². The molecule has 1 aromatic heterocycles. The number of para-hydroxylation sites is 2. The maximum absolute atomic E-state index is 13.2. The van der Waals surface area contributed by atoms with Crippen molar-refractivity contribution in [2.24, 2.45) is 0 Å². The van der Waals surface area contributed by atoms with Crippen LogP contribution < -0.4 is 5.43 Å². The maximum atomic E-state index is 13.2. The van der Waals surface area contributed by atoms with Gasteiger partial charge in [0.1, 0.15) is 6.54 Å². The van der Waals surface area contributed by atoms with Crippen molar-refractivity contribution in [2.45, 2.75) is 13.1 Å². The summed E-state index contributed by atoms with van der Waals surface area (Å²) in [5.74, 6) is -0.00730. The Labute approximate surface area is 180 Å². The van der Waals surface area contributed by atoms with Gasteiger partial charge < -0.3 is 9.47 Å². The second-order valence-electron chi connectivity index (χ2n) is 7.88. The highest BCUT2D eigenvalue weighted by atomic mass is 16.2. The van der Waals surface area contributed by atoms with Crippen LogP contribution in [0.1, 0.15) is 5.56 Å². The number of likely N-dealkylation sites (N-methyl/N-ethyl adjacent to an activating group) is 1. The molecule has 0 N–H and O–H groups in total. The average Bonchev–Trinajstić information content (AvgIpc) is 2.81. The number of nitrogens with zero attached hydrogens (tertiary/aromatic N) is 2. The van der Waals surface area contributed by atoms with Crippen LogP contribution in [-0.4, -0.2) is 22.4 Å². The van der Waals surface area contributed by atoms with Crippen LogP contribution in [0.25, 0.3) is 32.6 Å². The van der Waals surface area contributed by atoms with Crippen LogP contribution in [0.4, 0.5) is 0 Å². The molecule has 4 nitrogen and oxygen atoms in total. The summed E-state index contributed by atoms with van der Waals surface area (Å²) in [4.78, 5) is 27.8. The Morgan fingerprint density at radius 1 is 0.774 bits per heavy atom. The number of hydrogen-bond donors (Lipinski definition) is 0. The van der Waals surface area contributed by atoms with Crippen LogP contribution >= 0.6 is 0 Å². The third-order valence-electron chi connectivity index (χ3n) is 5.83. The molecule has 5 rings (SSSR count). The van der Waals surface area contributed by atoms with Gasteiger partial charge in [0.25, 0.3) is 0 Å². The van der Waals surface area contributed by atoms with Gasteiger partial charge in [0.15, 0.2) is 5.43 Å². The first-order chi connectivity index (χ1) is 15.1. The normalized spacial score (nSPS) is 11.3. The number of aromatic nitrogens is 1. The van der Waals surface area contributed by atoms with E-state index in [-0.39, 0.29) is 17.9 Å². The molecule has 4 heteroatoms. The van der Waals surface area contributed by atoms with E-state index in [4.69, 9.17) is 0 Å². The maximum Gasteiger partial charge on any atom is 0.242 e. The van der Waals surface area contributed by atoms with Crippen LogP contribution in [0.5, 0.6) is 0 Å². The Bertz CT molecular complexity index is 1440. The Morgan fingerprint density at radius 3 is 2.03 bits per heavy atom. The third kappa shape index (κ3) is 3.46. The smallest absolute Gasteiger partial charge is 0.242 e. The number of carbonyl (C=O) groups excluding carboxylic acids is 1. The van der Waals surface area contributed by atoms with Gasteiger partial charge in [-0.15, -0.1) is 0 Å². The Hall–Kier alpha value is -3.92. The summed E-state index contributed by atoms with van der Waals surface area (Å²) in [6.45, 7) is 0.700. The molecule has 4 aromatic carbocycles. The average molecular weight is 406 g/mol. The molecule has 0 aliphatic carbocycles. The van der Waals surface area contributed by atoms with Crippen LogP contribution in [0.3, 0.4) is 0 Å². The van der Waals surface area contributed by atoms with E-state index in [0.29, 0.717) is 17.3 Å². The molecular weight excluding hydrogens is 384 g/mol. The van der Waals surface area contributed by atoms with Crippen molar-refractivity contribution >= 4 is 38.5 Å². The van der Waals surface area contributed by atoms with E-state index in [9.17, 15) is 9.59 Å². The predicted molar refractivity (Wildman–Crippen MR) is 126 cm³/mol. The number of fused-ring (bicyclic) bond motifs is 3. The number of amides is 1. The van der Waals surface area contributed by atoms with E-state index < -0.39 is 0 Å². The lowest BCUT2D eigenvalue weighted by Gasteiger charge is -2.21. The SMILES string of the molecule is CN(Cc1ccc2ccccc2c1)C(=O)Cn1c2ccccc2c(=O)c2ccccc21. The first-order valence-corrected chi connectivity index (χ1v) is 10.3. The first-order valence-electron chi connectivity index (χ1n) is 10.3. The Kier molecular flexibility index (Phi) is 4.75. The van der Waals surface area contributed by atoms with Gasteiger partial charge in [-0.25, -0.2) is 0 Å². The second-order valence-corrected chi connectivity index (χ2v) is 7.88. The number of benzene rings is 4. The van der Waals surface area contributed by atoms with E-state index in [2.05, 4.69) is 30.3 Å². The fourth-order valence-electron chi connectivity index (χ4n) is 4.20. The first kappa shape index (κ1) is 19.1. The fraction of sp³-hybridized carbons (Fsp3) is 0.111. The highest BCUT2D eigenvalue weighted by Crippen LogP contribution is 2.20. The molecule has 0 bridgehead atoms. The minimum Gasteiger partial charge on any atom is -0.340 e. The molecule has 31 heavy (non-hydrogen) atoms. The molecule has 0 fully saturated rings. The summed E-state index contributed by atoms with van der Waals surface area (Å²) in [5, 5.41) is 3.61. The molecule has 0 aliphatic rings. The number of hydrogen-bond acceptors (Lipinski definition) is 2. The summed E-state index contributed by atoms with van der Waals surface area (Å²) in [6.07, 6.45) is 0. The molecule has 0 saturated carbocycles. The zero-order valence-electron chi connectivity index (χ0n) is 17.3. The van der Waals surface area contributed by atoms with Gasteiger partial charge in [-0.2, -0.15) is 0 Å². The lowest BCUT2D eigenvalue weighted by atomic mass is 10.1. The van der Waals surface area contributed by atoms with Crippen molar-refractivity contribution in [2.75, 3.05) is 7.05 Å². The lowest BCUT2D eigenvalue weighted by molar-refractivity contribution is -0.130. The molecule has 1 amide bonds. The summed E-state index contributed by atoms with van der Waals surface area (Å²) in [7, 11) is 1.82. The van der Waals surface area contributed by atoms with Crippen molar-refractivity contribution in [1.82, 2.24) is 9.47 Å². The lowest BCUT2D eigenvalue weighted by Crippen LogP contribution is -2.30. The molecule has 0 spiro atoms. The van der Waals surface area contributed by atoms with Crippen molar-refractivity contribution < 1.29 is 4.79 Å². The van der Waals surface area contributed by atoms with Crippen LogP contribution in [0, 0.1) is 0 Å². The third-order valence-corrected chi connectivity index (χ3v) is 5.83. The highest BCUT2D eigenvalue weighted by molar-refractivity contribution is 5.95. The predicted octanol–water partition coefficient (Wildman–Crippen LogP) is 4.97. The standard InChI is InChI=1S/C27H22N2O2/c1-28(17-19-14-15-20-8-2-3-9-21(20)16-19)26(30)18-29-24-12-6-4-10-22(24)27(31)23-11-5-7-13-25(23)29/h2-16H,17-18H2,1H3. The molecule has 0 aliphatic heterocycles. The Morgan fingerprint density at radius 2 is 1.35 bits per heavy atom. The molecular formula is C27H22N2O2. The molecule has 5 aromatic rings. The number of rotatable bonds is 4. The van der Waals surface area contributed by atoms with Gasteiger partial charge in [0.05, 0.1) is 11.0 Å². The minimum absolute atomic E-state index is 0.000540. The van der Waals surface area contributed by atoms with Crippen molar-refractivity contribution in [3.8, 4) is 0 Å². The van der Waals surface area contributed by atoms with Crippen LogP contribution in [0.2, 0.25) is 0 Å². The van der Waals surface area contributed by atoms with Gasteiger partial charge in [-0.05, 0) is 46.7 Å². The molecule has 0 saturated heterocycles. The molecule has 0 radical (unpaired) electrons. The second kappa shape index (κ2) is 7.73. The minimum atomic E-state index is -0.00730. The number of pyridine rings is 1. The van der Waals surface area contributed by atoms with E-state index in [1.165, 1.54) is 10.8 Å². The monoisotopic (exact) mass is 406 g/mol. The number of carbonyl (C=O) groups is 1. The molecule has 152 valence electrons. The summed E-state index contributed by atoms with van der Waals surface area (Å²) >= 11 is 0. The van der Waals surface area contributed by atoms with Gasteiger partial charge in [-0.1, -0.05) is 60.7 Å². The van der Waals surface area contributed by atoms with Gasteiger partial charge in [0, 0.05) is 24.4 Å². The van der Waals surface area contributed by atoms with Gasteiger partial charge in [0.2, 0.25) is 5.91 Å². The molecule has 1 heterocycles. The highest BCUT2D eigenvalue weighted by Gasteiger charge is 2.15. The zero-order chi connectivity index (χ0) is 21.4. The Balaban J connectivity index is 1.49. The van der Waals surface area contributed by atoms with Gasteiger partial charge >= 0.3 is 0 Å². The largest absolute Gasteiger partial charge is 0.340 e. The van der Waals surface area contributed by atoms with E-state index in [0.717, 1.165) is 16.6 Å².